The Hall–Kier alpha value is -2.90. The van der Waals surface area contributed by atoms with E-state index < -0.39 is 21.7 Å². The molecule has 8 heteroatoms. The van der Waals surface area contributed by atoms with Crippen LogP contribution in [0.25, 0.3) is 0 Å². The Kier molecular flexibility index (Phi) is 5.67. The van der Waals surface area contributed by atoms with Crippen molar-refractivity contribution in [2.75, 3.05) is 10.0 Å². The SMILES string of the molecule is Cc1ccccc1NS(=O)(=O)c1cc(C(=O)Nc2ccc(F)cc2)ccc1Cl. The molecule has 0 atom stereocenters. The highest BCUT2D eigenvalue weighted by molar-refractivity contribution is 7.92. The lowest BCUT2D eigenvalue weighted by Crippen LogP contribution is -2.17. The summed E-state index contributed by atoms with van der Waals surface area (Å²) in [6, 6.07) is 16.1. The summed E-state index contributed by atoms with van der Waals surface area (Å²) in [5.74, 6) is -0.976. The van der Waals surface area contributed by atoms with E-state index in [2.05, 4.69) is 10.0 Å². The molecule has 0 saturated carbocycles. The van der Waals surface area contributed by atoms with Crippen molar-refractivity contribution in [1.29, 1.82) is 0 Å². The summed E-state index contributed by atoms with van der Waals surface area (Å²) in [7, 11) is -4.01. The Bertz CT molecular complexity index is 1130. The molecule has 1 amide bonds. The first-order chi connectivity index (χ1) is 13.3. The fourth-order valence-corrected chi connectivity index (χ4v) is 4.13. The van der Waals surface area contributed by atoms with Gasteiger partial charge in [0.05, 0.1) is 10.7 Å². The van der Waals surface area contributed by atoms with E-state index in [1.165, 1.54) is 42.5 Å². The van der Waals surface area contributed by atoms with Gasteiger partial charge in [-0.3, -0.25) is 9.52 Å². The monoisotopic (exact) mass is 418 g/mol. The number of carbonyl (C=O) groups is 1. The highest BCUT2D eigenvalue weighted by Crippen LogP contribution is 2.26. The van der Waals surface area contributed by atoms with Crippen molar-refractivity contribution >= 4 is 38.9 Å². The van der Waals surface area contributed by atoms with Gasteiger partial charge in [-0.25, -0.2) is 12.8 Å². The largest absolute Gasteiger partial charge is 0.322 e. The van der Waals surface area contributed by atoms with Crippen LogP contribution < -0.4 is 10.0 Å². The molecule has 28 heavy (non-hydrogen) atoms. The Labute approximate surface area is 167 Å². The lowest BCUT2D eigenvalue weighted by molar-refractivity contribution is 0.102. The molecule has 0 fully saturated rings. The highest BCUT2D eigenvalue weighted by atomic mass is 35.5. The van der Waals surface area contributed by atoms with Crippen LogP contribution in [0.4, 0.5) is 15.8 Å². The number of para-hydroxylation sites is 1. The first-order valence-electron chi connectivity index (χ1n) is 8.21. The molecule has 0 aliphatic heterocycles. The number of rotatable bonds is 5. The summed E-state index contributed by atoms with van der Waals surface area (Å²) in [5.41, 5.74) is 1.63. The predicted molar refractivity (Wildman–Crippen MR) is 108 cm³/mol. The summed E-state index contributed by atoms with van der Waals surface area (Å²) in [4.78, 5) is 12.2. The molecule has 3 aromatic rings. The molecule has 3 aromatic carbocycles. The molecule has 0 bridgehead atoms. The van der Waals surface area contributed by atoms with E-state index in [1.54, 1.807) is 31.2 Å². The average Bonchev–Trinajstić information content (AvgIpc) is 2.65. The molecule has 5 nitrogen and oxygen atoms in total. The predicted octanol–water partition coefficient (Wildman–Crippen LogP) is 4.84. The van der Waals surface area contributed by atoms with Crippen LogP contribution in [0, 0.1) is 12.7 Å². The second-order valence-corrected chi connectivity index (χ2v) is 8.08. The number of sulfonamides is 1. The molecule has 3 rings (SSSR count). The molecule has 0 aliphatic rings. The third kappa shape index (κ3) is 4.49. The van der Waals surface area contributed by atoms with Crippen LogP contribution in [0.1, 0.15) is 15.9 Å². The number of anilines is 2. The van der Waals surface area contributed by atoms with Crippen LogP contribution in [-0.2, 0) is 10.0 Å². The molecule has 2 N–H and O–H groups in total. The molecule has 0 radical (unpaired) electrons. The zero-order valence-corrected chi connectivity index (χ0v) is 16.3. The zero-order chi connectivity index (χ0) is 20.3. The van der Waals surface area contributed by atoms with Gasteiger partial charge in [0.25, 0.3) is 15.9 Å². The van der Waals surface area contributed by atoms with Crippen molar-refractivity contribution in [1.82, 2.24) is 0 Å². The standard InChI is InChI=1S/C20H16ClFN2O3S/c1-13-4-2-3-5-18(13)24-28(26,27)19-12-14(6-11-17(19)21)20(25)23-16-9-7-15(22)8-10-16/h2-12,24H,1H3,(H,23,25). The fourth-order valence-electron chi connectivity index (χ4n) is 2.47. The van der Waals surface area contributed by atoms with E-state index in [-0.39, 0.29) is 15.5 Å². The number of hydrogen-bond acceptors (Lipinski definition) is 3. The molecule has 0 aliphatic carbocycles. The minimum atomic E-state index is -4.01. The van der Waals surface area contributed by atoms with Gasteiger partial charge in [0.2, 0.25) is 0 Å². The number of hydrogen-bond donors (Lipinski definition) is 2. The smallest absolute Gasteiger partial charge is 0.263 e. The van der Waals surface area contributed by atoms with Gasteiger partial charge in [-0.15, -0.1) is 0 Å². The van der Waals surface area contributed by atoms with Gasteiger partial charge in [0.15, 0.2) is 0 Å². The molecule has 0 saturated heterocycles. The number of nitrogens with one attached hydrogen (secondary N) is 2. The highest BCUT2D eigenvalue weighted by Gasteiger charge is 2.21. The molecular weight excluding hydrogens is 403 g/mol. The maximum Gasteiger partial charge on any atom is 0.263 e. The second-order valence-electron chi connectivity index (χ2n) is 6.03. The molecule has 144 valence electrons. The van der Waals surface area contributed by atoms with Crippen molar-refractivity contribution in [3.8, 4) is 0 Å². The third-order valence-electron chi connectivity index (χ3n) is 3.97. The van der Waals surface area contributed by atoms with E-state index in [0.717, 1.165) is 5.56 Å². The van der Waals surface area contributed by atoms with Gasteiger partial charge in [0.1, 0.15) is 10.7 Å². The van der Waals surface area contributed by atoms with E-state index in [0.29, 0.717) is 11.4 Å². The van der Waals surface area contributed by atoms with Crippen molar-refractivity contribution in [3.63, 3.8) is 0 Å². The van der Waals surface area contributed by atoms with Crippen molar-refractivity contribution in [2.24, 2.45) is 0 Å². The van der Waals surface area contributed by atoms with Crippen molar-refractivity contribution in [2.45, 2.75) is 11.8 Å². The summed E-state index contributed by atoms with van der Waals surface area (Å²) < 4.78 is 41.0. The van der Waals surface area contributed by atoms with Gasteiger partial charge in [-0.2, -0.15) is 0 Å². The number of carbonyl (C=O) groups excluding carboxylic acids is 1. The minimum Gasteiger partial charge on any atom is -0.322 e. The van der Waals surface area contributed by atoms with Crippen LogP contribution in [-0.4, -0.2) is 14.3 Å². The average molecular weight is 419 g/mol. The summed E-state index contributed by atoms with van der Waals surface area (Å²) >= 11 is 6.08. The van der Waals surface area contributed by atoms with E-state index in [4.69, 9.17) is 11.6 Å². The molecular formula is C20H16ClFN2O3S. The number of benzene rings is 3. The Morgan fingerprint density at radius 1 is 1.00 bits per heavy atom. The van der Waals surface area contributed by atoms with Gasteiger partial charge in [-0.05, 0) is 61.0 Å². The van der Waals surface area contributed by atoms with Gasteiger partial charge in [0, 0.05) is 11.3 Å². The molecule has 0 heterocycles. The van der Waals surface area contributed by atoms with Gasteiger partial charge >= 0.3 is 0 Å². The molecule has 0 spiro atoms. The van der Waals surface area contributed by atoms with Crippen LogP contribution >= 0.6 is 11.6 Å². The van der Waals surface area contributed by atoms with E-state index in [9.17, 15) is 17.6 Å². The molecule has 0 unspecified atom stereocenters. The van der Waals surface area contributed by atoms with Gasteiger partial charge < -0.3 is 5.32 Å². The van der Waals surface area contributed by atoms with Crippen LogP contribution in [0.15, 0.2) is 71.6 Å². The maximum absolute atomic E-state index is 13.0. The third-order valence-corrected chi connectivity index (χ3v) is 5.82. The summed E-state index contributed by atoms with van der Waals surface area (Å²) in [5, 5.41) is 2.56. The minimum absolute atomic E-state index is 0.0144. The van der Waals surface area contributed by atoms with Gasteiger partial charge in [-0.1, -0.05) is 29.8 Å². The lowest BCUT2D eigenvalue weighted by Gasteiger charge is -2.13. The topological polar surface area (TPSA) is 75.3 Å². The maximum atomic E-state index is 13.0. The first kappa shape index (κ1) is 19.9. The van der Waals surface area contributed by atoms with Crippen LogP contribution in [0.3, 0.4) is 0 Å². The number of halogens is 2. The number of amides is 1. The summed E-state index contributed by atoms with van der Waals surface area (Å²) in [6.45, 7) is 1.77. The normalized spacial score (nSPS) is 11.1. The first-order valence-corrected chi connectivity index (χ1v) is 10.1. The Balaban J connectivity index is 1.89. The van der Waals surface area contributed by atoms with Crippen LogP contribution in [0.5, 0.6) is 0 Å². The Morgan fingerprint density at radius 2 is 1.68 bits per heavy atom. The summed E-state index contributed by atoms with van der Waals surface area (Å²) in [6.07, 6.45) is 0. The van der Waals surface area contributed by atoms with Crippen LogP contribution in [0.2, 0.25) is 5.02 Å². The lowest BCUT2D eigenvalue weighted by atomic mass is 10.2. The van der Waals surface area contributed by atoms with E-state index >= 15 is 0 Å². The molecule has 0 aromatic heterocycles. The van der Waals surface area contributed by atoms with Crippen molar-refractivity contribution in [3.05, 3.63) is 88.7 Å². The quantitative estimate of drug-likeness (QED) is 0.622. The fraction of sp³-hybridized carbons (Fsp3) is 0.0500. The second kappa shape index (κ2) is 8.00. The number of aryl methyl sites for hydroxylation is 1. The van der Waals surface area contributed by atoms with Crippen molar-refractivity contribution < 1.29 is 17.6 Å². The zero-order valence-electron chi connectivity index (χ0n) is 14.7. The Morgan fingerprint density at radius 3 is 2.36 bits per heavy atom. The van der Waals surface area contributed by atoms with E-state index in [1.807, 2.05) is 0 Å².